The average Bonchev–Trinajstić information content (AvgIpc) is 2.72. The van der Waals surface area contributed by atoms with Crippen molar-refractivity contribution < 1.29 is 13.2 Å². The SMILES string of the molecule is Cc1ccc(S(=O)(=O)N=C2C=C(Nc3cccc(C)c3)C(=O)c3ccccc32)cc1. The van der Waals surface area contributed by atoms with Crippen LogP contribution < -0.4 is 5.32 Å². The zero-order valence-corrected chi connectivity index (χ0v) is 17.4. The van der Waals surface area contributed by atoms with Crippen LogP contribution in [0.2, 0.25) is 0 Å². The van der Waals surface area contributed by atoms with E-state index in [1.165, 1.54) is 18.2 Å². The number of ketones is 1. The van der Waals surface area contributed by atoms with Gasteiger partial charge in [-0.25, -0.2) is 0 Å². The molecule has 1 aliphatic rings. The van der Waals surface area contributed by atoms with Crippen molar-refractivity contribution in [1.82, 2.24) is 0 Å². The fourth-order valence-electron chi connectivity index (χ4n) is 3.27. The average molecular weight is 417 g/mol. The number of anilines is 1. The van der Waals surface area contributed by atoms with Crippen molar-refractivity contribution in [3.8, 4) is 0 Å². The topological polar surface area (TPSA) is 75.6 Å². The van der Waals surface area contributed by atoms with E-state index in [0.717, 1.165) is 16.8 Å². The van der Waals surface area contributed by atoms with Crippen LogP contribution in [0.4, 0.5) is 5.69 Å². The lowest BCUT2D eigenvalue weighted by Gasteiger charge is -2.19. The summed E-state index contributed by atoms with van der Waals surface area (Å²) in [6, 6.07) is 21.0. The van der Waals surface area contributed by atoms with Gasteiger partial charge in [0, 0.05) is 16.8 Å². The maximum Gasteiger partial charge on any atom is 0.282 e. The maximum atomic E-state index is 13.0. The summed E-state index contributed by atoms with van der Waals surface area (Å²) >= 11 is 0. The Bertz CT molecular complexity index is 1300. The highest BCUT2D eigenvalue weighted by Gasteiger charge is 2.26. The van der Waals surface area contributed by atoms with Gasteiger partial charge in [-0.15, -0.1) is 0 Å². The molecule has 0 heterocycles. The molecule has 3 aromatic rings. The standard InChI is InChI=1S/C24H20N2O3S/c1-16-10-12-19(13-11-16)30(28,29)26-22-15-23(25-18-7-5-6-17(2)14-18)24(27)21-9-4-3-8-20(21)22/h3-15,25H,1-2H3. The van der Waals surface area contributed by atoms with Gasteiger partial charge < -0.3 is 5.32 Å². The van der Waals surface area contributed by atoms with Crippen LogP contribution in [0.1, 0.15) is 27.0 Å². The second-order valence-electron chi connectivity index (χ2n) is 7.19. The lowest BCUT2D eigenvalue weighted by atomic mass is 9.92. The number of carbonyl (C=O) groups excluding carboxylic acids is 1. The number of carbonyl (C=O) groups is 1. The van der Waals surface area contributed by atoms with Gasteiger partial charge in [0.05, 0.1) is 16.3 Å². The molecule has 0 aromatic heterocycles. The van der Waals surface area contributed by atoms with E-state index in [1.54, 1.807) is 36.4 Å². The van der Waals surface area contributed by atoms with Crippen LogP contribution in [-0.4, -0.2) is 19.9 Å². The van der Waals surface area contributed by atoms with E-state index in [4.69, 9.17) is 0 Å². The van der Waals surface area contributed by atoms with Gasteiger partial charge in [0.1, 0.15) is 0 Å². The lowest BCUT2D eigenvalue weighted by molar-refractivity contribution is 0.103. The summed E-state index contributed by atoms with van der Waals surface area (Å²) in [6.07, 6.45) is 1.50. The molecular formula is C24H20N2O3S. The third-order valence-corrected chi connectivity index (χ3v) is 6.11. The number of hydrogen-bond acceptors (Lipinski definition) is 4. The fourth-order valence-corrected chi connectivity index (χ4v) is 4.26. The first-order valence-corrected chi connectivity index (χ1v) is 10.9. The molecule has 0 spiro atoms. The van der Waals surface area contributed by atoms with Crippen LogP contribution in [0.3, 0.4) is 0 Å². The molecule has 3 aromatic carbocycles. The van der Waals surface area contributed by atoms with E-state index in [1.807, 2.05) is 38.1 Å². The van der Waals surface area contributed by atoms with Crippen molar-refractivity contribution in [2.24, 2.45) is 4.40 Å². The van der Waals surface area contributed by atoms with E-state index < -0.39 is 10.0 Å². The Balaban J connectivity index is 1.81. The number of allylic oxidation sites excluding steroid dienone is 2. The summed E-state index contributed by atoms with van der Waals surface area (Å²) in [5, 5.41) is 3.11. The van der Waals surface area contributed by atoms with Gasteiger partial charge >= 0.3 is 0 Å². The Morgan fingerprint density at radius 2 is 1.50 bits per heavy atom. The third-order valence-electron chi connectivity index (χ3n) is 4.81. The minimum Gasteiger partial charge on any atom is -0.352 e. The molecule has 0 saturated heterocycles. The number of hydrogen-bond donors (Lipinski definition) is 1. The molecular weight excluding hydrogens is 396 g/mol. The Hall–Kier alpha value is -3.51. The van der Waals surface area contributed by atoms with E-state index in [2.05, 4.69) is 9.71 Å². The Labute approximate surface area is 175 Å². The highest BCUT2D eigenvalue weighted by Crippen LogP contribution is 2.25. The Morgan fingerprint density at radius 3 is 2.20 bits per heavy atom. The monoisotopic (exact) mass is 416 g/mol. The van der Waals surface area contributed by atoms with Crippen molar-refractivity contribution in [2.45, 2.75) is 18.7 Å². The Kier molecular flexibility index (Phi) is 5.10. The molecule has 0 unspecified atom stereocenters. The number of nitrogens with zero attached hydrogens (tertiary/aromatic N) is 1. The Morgan fingerprint density at radius 1 is 0.800 bits per heavy atom. The largest absolute Gasteiger partial charge is 0.352 e. The first-order chi connectivity index (χ1) is 14.3. The van der Waals surface area contributed by atoms with Crippen LogP contribution >= 0.6 is 0 Å². The first-order valence-electron chi connectivity index (χ1n) is 9.45. The summed E-state index contributed by atoms with van der Waals surface area (Å²) in [4.78, 5) is 13.1. The van der Waals surface area contributed by atoms with Crippen molar-refractivity contribution in [3.05, 3.63) is 107 Å². The van der Waals surface area contributed by atoms with E-state index in [0.29, 0.717) is 11.1 Å². The van der Waals surface area contributed by atoms with Crippen molar-refractivity contribution >= 4 is 27.2 Å². The second-order valence-corrected chi connectivity index (χ2v) is 8.80. The molecule has 4 rings (SSSR count). The van der Waals surface area contributed by atoms with Crippen LogP contribution in [0.25, 0.3) is 0 Å². The van der Waals surface area contributed by atoms with Gasteiger partial charge in [-0.05, 0) is 49.8 Å². The van der Waals surface area contributed by atoms with Crippen molar-refractivity contribution in [1.29, 1.82) is 0 Å². The van der Waals surface area contributed by atoms with Crippen molar-refractivity contribution in [2.75, 3.05) is 5.32 Å². The van der Waals surface area contributed by atoms with Gasteiger partial charge in [-0.1, -0.05) is 54.1 Å². The number of sulfonamides is 1. The molecule has 6 heteroatoms. The highest BCUT2D eigenvalue weighted by atomic mass is 32.2. The number of Topliss-reactive ketones (excluding diaryl/α,β-unsaturated/α-hetero) is 1. The zero-order valence-electron chi connectivity index (χ0n) is 16.6. The van der Waals surface area contributed by atoms with Crippen LogP contribution in [0, 0.1) is 13.8 Å². The summed E-state index contributed by atoms with van der Waals surface area (Å²) in [6.45, 7) is 3.84. The summed E-state index contributed by atoms with van der Waals surface area (Å²) in [7, 11) is -3.94. The van der Waals surface area contributed by atoms with Gasteiger partial charge in [-0.2, -0.15) is 12.8 Å². The van der Waals surface area contributed by atoms with Gasteiger partial charge in [0.2, 0.25) is 5.78 Å². The second kappa shape index (κ2) is 7.72. The minimum atomic E-state index is -3.94. The maximum absolute atomic E-state index is 13.0. The zero-order chi connectivity index (χ0) is 21.3. The van der Waals surface area contributed by atoms with Gasteiger partial charge in [-0.3, -0.25) is 4.79 Å². The predicted molar refractivity (Wildman–Crippen MR) is 119 cm³/mol. The number of rotatable bonds is 4. The molecule has 0 saturated carbocycles. The molecule has 150 valence electrons. The molecule has 0 bridgehead atoms. The molecule has 30 heavy (non-hydrogen) atoms. The summed E-state index contributed by atoms with van der Waals surface area (Å²) in [5.41, 5.74) is 4.15. The molecule has 5 nitrogen and oxygen atoms in total. The lowest BCUT2D eigenvalue weighted by Crippen LogP contribution is -2.22. The number of benzene rings is 3. The number of nitrogens with one attached hydrogen (secondary N) is 1. The van der Waals surface area contributed by atoms with Gasteiger partial charge in [0.25, 0.3) is 10.0 Å². The fraction of sp³-hybridized carbons (Fsp3) is 0.0833. The van der Waals surface area contributed by atoms with Crippen LogP contribution in [-0.2, 0) is 10.0 Å². The number of aryl methyl sites for hydroxylation is 2. The number of fused-ring (bicyclic) bond motifs is 1. The quantitative estimate of drug-likeness (QED) is 0.670. The third kappa shape index (κ3) is 3.95. The first kappa shape index (κ1) is 19.8. The molecule has 0 fully saturated rings. The highest BCUT2D eigenvalue weighted by molar-refractivity contribution is 7.90. The van der Waals surface area contributed by atoms with E-state index in [9.17, 15) is 13.2 Å². The molecule has 0 amide bonds. The molecule has 1 aliphatic carbocycles. The summed E-state index contributed by atoms with van der Waals surface area (Å²) in [5.74, 6) is -0.209. The van der Waals surface area contributed by atoms with Crippen LogP contribution in [0.15, 0.2) is 93.9 Å². The smallest absolute Gasteiger partial charge is 0.282 e. The van der Waals surface area contributed by atoms with Gasteiger partial charge in [0.15, 0.2) is 0 Å². The van der Waals surface area contributed by atoms with Crippen molar-refractivity contribution in [3.63, 3.8) is 0 Å². The summed E-state index contributed by atoms with van der Waals surface area (Å²) < 4.78 is 29.9. The van der Waals surface area contributed by atoms with Crippen LogP contribution in [0.5, 0.6) is 0 Å². The molecule has 0 aliphatic heterocycles. The van der Waals surface area contributed by atoms with E-state index in [-0.39, 0.29) is 22.1 Å². The molecule has 1 N–H and O–H groups in total. The van der Waals surface area contributed by atoms with E-state index >= 15 is 0 Å². The molecule has 0 atom stereocenters. The molecule has 0 radical (unpaired) electrons. The predicted octanol–water partition coefficient (Wildman–Crippen LogP) is 4.67. The minimum absolute atomic E-state index is 0.108. The normalized spacial score (nSPS) is 14.9.